The predicted molar refractivity (Wildman–Crippen MR) is 65.6 cm³/mol. The highest BCUT2D eigenvalue weighted by Gasteiger charge is 2.40. The van der Waals surface area contributed by atoms with E-state index in [-0.39, 0.29) is 24.7 Å². The lowest BCUT2D eigenvalue weighted by molar-refractivity contribution is -0.141. The normalized spacial score (nSPS) is 31.4. The zero-order valence-electron chi connectivity index (χ0n) is 11.1. The molecule has 0 spiro atoms. The summed E-state index contributed by atoms with van der Waals surface area (Å²) in [6.07, 6.45) is 1.32. The van der Waals surface area contributed by atoms with Crippen LogP contribution in [0.2, 0.25) is 0 Å². The van der Waals surface area contributed by atoms with Crippen LogP contribution in [0.4, 0.5) is 8.78 Å². The van der Waals surface area contributed by atoms with Crippen LogP contribution in [0.3, 0.4) is 0 Å². The Hall–Kier alpha value is -0.710. The molecule has 1 atom stereocenters. The lowest BCUT2D eigenvalue weighted by Gasteiger charge is -2.41. The monoisotopic (exact) mass is 260 g/mol. The van der Waals surface area contributed by atoms with Crippen molar-refractivity contribution in [2.45, 2.75) is 51.0 Å². The molecule has 5 heteroatoms. The first kappa shape index (κ1) is 13.7. The van der Waals surface area contributed by atoms with E-state index in [1.54, 1.807) is 4.90 Å². The molecule has 1 N–H and O–H groups in total. The fraction of sp³-hybridized carbons (Fsp3) is 0.923. The van der Waals surface area contributed by atoms with E-state index in [1.165, 1.54) is 0 Å². The highest BCUT2D eigenvalue weighted by Crippen LogP contribution is 2.37. The smallest absolute Gasteiger partial charge is 0.248 e. The lowest BCUT2D eigenvalue weighted by atomic mass is 9.85. The van der Waals surface area contributed by atoms with E-state index in [0.29, 0.717) is 19.5 Å². The minimum Gasteiger partial charge on any atom is -0.340 e. The number of halogens is 2. The molecule has 18 heavy (non-hydrogen) atoms. The van der Waals surface area contributed by atoms with Crippen LogP contribution in [0.5, 0.6) is 0 Å². The number of hydrogen-bond donors (Lipinski definition) is 1. The van der Waals surface area contributed by atoms with Gasteiger partial charge in [-0.05, 0) is 32.6 Å². The SMILES string of the molecule is CC1(C)NCCN(CC2CCCC(F)(F)C2)C1=O. The van der Waals surface area contributed by atoms with E-state index < -0.39 is 11.5 Å². The highest BCUT2D eigenvalue weighted by atomic mass is 19.3. The standard InChI is InChI=1S/C13H22F2N2O/c1-12(2)11(18)17(7-6-16-12)9-10-4-3-5-13(14,15)8-10/h10,16H,3-9H2,1-2H3. The Labute approximate surface area is 107 Å². The number of nitrogens with zero attached hydrogens (tertiary/aromatic N) is 1. The van der Waals surface area contributed by atoms with E-state index in [0.717, 1.165) is 13.0 Å². The van der Waals surface area contributed by atoms with Gasteiger partial charge in [-0.1, -0.05) is 0 Å². The first-order valence-electron chi connectivity index (χ1n) is 6.72. The van der Waals surface area contributed by atoms with E-state index in [9.17, 15) is 13.6 Å². The number of amides is 1. The molecular formula is C13H22F2N2O. The second kappa shape index (κ2) is 4.76. The van der Waals surface area contributed by atoms with Gasteiger partial charge < -0.3 is 10.2 Å². The van der Waals surface area contributed by atoms with Gasteiger partial charge in [0.2, 0.25) is 11.8 Å². The zero-order valence-corrected chi connectivity index (χ0v) is 11.1. The highest BCUT2D eigenvalue weighted by molar-refractivity contribution is 5.86. The van der Waals surface area contributed by atoms with Crippen LogP contribution in [-0.2, 0) is 4.79 Å². The molecule has 0 radical (unpaired) electrons. The molecule has 1 heterocycles. The summed E-state index contributed by atoms with van der Waals surface area (Å²) in [5.74, 6) is -2.55. The maximum Gasteiger partial charge on any atom is 0.248 e. The van der Waals surface area contributed by atoms with Gasteiger partial charge in [0.1, 0.15) is 0 Å². The maximum absolute atomic E-state index is 13.3. The van der Waals surface area contributed by atoms with Crippen LogP contribution in [-0.4, -0.2) is 41.9 Å². The van der Waals surface area contributed by atoms with E-state index in [1.807, 2.05) is 13.8 Å². The third-order valence-corrected chi connectivity index (χ3v) is 3.99. The molecule has 2 aliphatic rings. The summed E-state index contributed by atoms with van der Waals surface area (Å²) >= 11 is 0. The van der Waals surface area contributed by atoms with Crippen molar-refractivity contribution in [2.24, 2.45) is 5.92 Å². The van der Waals surface area contributed by atoms with Gasteiger partial charge in [-0.15, -0.1) is 0 Å². The minimum absolute atomic E-state index is 0.00446. The average Bonchev–Trinajstić information content (AvgIpc) is 2.23. The Morgan fingerprint density at radius 1 is 1.44 bits per heavy atom. The van der Waals surface area contributed by atoms with Crippen LogP contribution < -0.4 is 5.32 Å². The van der Waals surface area contributed by atoms with Crippen LogP contribution >= 0.6 is 0 Å². The minimum atomic E-state index is -2.53. The molecule has 1 saturated carbocycles. The lowest BCUT2D eigenvalue weighted by Crippen LogP contribution is -2.62. The van der Waals surface area contributed by atoms with Gasteiger partial charge in [0.25, 0.3) is 0 Å². The fourth-order valence-corrected chi connectivity index (χ4v) is 2.99. The van der Waals surface area contributed by atoms with Gasteiger partial charge in [-0.2, -0.15) is 0 Å². The largest absolute Gasteiger partial charge is 0.340 e. The fourth-order valence-electron chi connectivity index (χ4n) is 2.99. The van der Waals surface area contributed by atoms with Gasteiger partial charge in [0.05, 0.1) is 5.54 Å². The summed E-state index contributed by atoms with van der Waals surface area (Å²) < 4.78 is 26.7. The molecule has 0 bridgehead atoms. The Balaban J connectivity index is 1.95. The number of rotatable bonds is 2. The van der Waals surface area contributed by atoms with Crippen molar-refractivity contribution in [1.29, 1.82) is 0 Å². The molecular weight excluding hydrogens is 238 g/mol. The Bertz CT molecular complexity index is 331. The van der Waals surface area contributed by atoms with Gasteiger partial charge >= 0.3 is 0 Å². The number of nitrogens with one attached hydrogen (secondary N) is 1. The molecule has 1 aliphatic heterocycles. The molecule has 104 valence electrons. The molecule has 1 saturated heterocycles. The number of carbonyl (C=O) groups excluding carboxylic acids is 1. The van der Waals surface area contributed by atoms with Crippen LogP contribution in [0.1, 0.15) is 39.5 Å². The van der Waals surface area contributed by atoms with Crippen molar-refractivity contribution < 1.29 is 13.6 Å². The second-order valence-electron chi connectivity index (χ2n) is 6.12. The number of hydrogen-bond acceptors (Lipinski definition) is 2. The molecule has 2 fully saturated rings. The van der Waals surface area contributed by atoms with Crippen molar-refractivity contribution in [3.63, 3.8) is 0 Å². The quantitative estimate of drug-likeness (QED) is 0.824. The molecule has 1 unspecified atom stereocenters. The van der Waals surface area contributed by atoms with Gasteiger partial charge in [0.15, 0.2) is 0 Å². The topological polar surface area (TPSA) is 32.3 Å². The first-order chi connectivity index (χ1) is 8.30. The summed E-state index contributed by atoms with van der Waals surface area (Å²) in [4.78, 5) is 13.9. The summed E-state index contributed by atoms with van der Waals surface area (Å²) in [5, 5.41) is 3.15. The van der Waals surface area contributed by atoms with Gasteiger partial charge in [0, 0.05) is 32.5 Å². The van der Waals surface area contributed by atoms with Crippen molar-refractivity contribution in [3.8, 4) is 0 Å². The van der Waals surface area contributed by atoms with Crippen molar-refractivity contribution in [1.82, 2.24) is 10.2 Å². The van der Waals surface area contributed by atoms with Crippen LogP contribution in [0.25, 0.3) is 0 Å². The van der Waals surface area contributed by atoms with Crippen LogP contribution in [0.15, 0.2) is 0 Å². The number of carbonyl (C=O) groups is 1. The molecule has 3 nitrogen and oxygen atoms in total. The first-order valence-corrected chi connectivity index (χ1v) is 6.72. The van der Waals surface area contributed by atoms with Crippen molar-refractivity contribution in [3.05, 3.63) is 0 Å². The Kier molecular flexibility index (Phi) is 3.63. The van der Waals surface area contributed by atoms with E-state index in [2.05, 4.69) is 5.32 Å². The van der Waals surface area contributed by atoms with Crippen molar-refractivity contribution in [2.75, 3.05) is 19.6 Å². The number of piperazine rings is 1. The molecule has 0 aromatic heterocycles. The van der Waals surface area contributed by atoms with Gasteiger partial charge in [-0.3, -0.25) is 4.79 Å². The van der Waals surface area contributed by atoms with E-state index in [4.69, 9.17) is 0 Å². The Morgan fingerprint density at radius 2 is 2.17 bits per heavy atom. The third kappa shape index (κ3) is 2.99. The maximum atomic E-state index is 13.3. The third-order valence-electron chi connectivity index (χ3n) is 3.99. The summed E-state index contributed by atoms with van der Waals surface area (Å²) in [6.45, 7) is 5.54. The summed E-state index contributed by atoms with van der Waals surface area (Å²) in [6, 6.07) is 0. The van der Waals surface area contributed by atoms with Crippen LogP contribution in [0, 0.1) is 5.92 Å². The summed E-state index contributed by atoms with van der Waals surface area (Å²) in [7, 11) is 0. The van der Waals surface area contributed by atoms with E-state index >= 15 is 0 Å². The average molecular weight is 260 g/mol. The second-order valence-corrected chi connectivity index (χ2v) is 6.12. The zero-order chi connectivity index (χ0) is 13.4. The molecule has 1 aliphatic carbocycles. The molecule has 0 aromatic rings. The summed E-state index contributed by atoms with van der Waals surface area (Å²) in [5.41, 5.74) is -0.560. The van der Waals surface area contributed by atoms with Crippen molar-refractivity contribution >= 4 is 5.91 Å². The molecule has 2 rings (SSSR count). The Morgan fingerprint density at radius 3 is 2.83 bits per heavy atom. The predicted octanol–water partition coefficient (Wildman–Crippen LogP) is 2.02. The molecule has 1 amide bonds. The molecule has 0 aromatic carbocycles. The number of alkyl halides is 2. The van der Waals surface area contributed by atoms with Gasteiger partial charge in [-0.25, -0.2) is 8.78 Å².